The van der Waals surface area contributed by atoms with Gasteiger partial charge in [-0.15, -0.1) is 0 Å². The van der Waals surface area contributed by atoms with Crippen LogP contribution < -0.4 is 5.32 Å². The molecule has 0 atom stereocenters. The number of sulfone groups is 1. The maximum absolute atomic E-state index is 11.3. The van der Waals surface area contributed by atoms with Crippen LogP contribution in [0.2, 0.25) is 0 Å². The van der Waals surface area contributed by atoms with Crippen LogP contribution >= 0.6 is 0 Å². The lowest BCUT2D eigenvalue weighted by atomic mass is 9.75. The maximum atomic E-state index is 11.3. The van der Waals surface area contributed by atoms with Gasteiger partial charge in [-0.2, -0.15) is 0 Å². The first-order chi connectivity index (χ1) is 7.94. The first-order valence-electron chi connectivity index (χ1n) is 6.55. The Labute approximate surface area is 105 Å². The highest BCUT2D eigenvalue weighted by Crippen LogP contribution is 2.35. The highest BCUT2D eigenvalue weighted by molar-refractivity contribution is 7.91. The van der Waals surface area contributed by atoms with Gasteiger partial charge in [-0.25, -0.2) is 8.42 Å². The summed E-state index contributed by atoms with van der Waals surface area (Å²) in [5.74, 6) is 0.721. The first kappa shape index (κ1) is 13.3. The second kappa shape index (κ2) is 4.86. The molecule has 0 aromatic heterocycles. The molecule has 1 saturated heterocycles. The van der Waals surface area contributed by atoms with Crippen LogP contribution in [0.5, 0.6) is 0 Å². The van der Waals surface area contributed by atoms with E-state index in [9.17, 15) is 8.42 Å². The molecule has 1 saturated carbocycles. The molecule has 2 rings (SSSR count). The minimum Gasteiger partial charge on any atom is -0.312 e. The van der Waals surface area contributed by atoms with Gasteiger partial charge in [-0.05, 0) is 46.2 Å². The highest BCUT2D eigenvalue weighted by Gasteiger charge is 2.39. The Balaban J connectivity index is 1.79. The van der Waals surface area contributed by atoms with E-state index in [-0.39, 0.29) is 0 Å². The van der Waals surface area contributed by atoms with Gasteiger partial charge in [0, 0.05) is 18.1 Å². The zero-order valence-corrected chi connectivity index (χ0v) is 11.7. The van der Waals surface area contributed by atoms with Gasteiger partial charge < -0.3 is 10.2 Å². The summed E-state index contributed by atoms with van der Waals surface area (Å²) in [7, 11) is 1.56. The molecule has 100 valence electrons. The topological polar surface area (TPSA) is 49.4 Å². The highest BCUT2D eigenvalue weighted by atomic mass is 32.2. The normalized spacial score (nSPS) is 27.9. The lowest BCUT2D eigenvalue weighted by Gasteiger charge is -2.48. The monoisotopic (exact) mass is 260 g/mol. The van der Waals surface area contributed by atoms with Crippen molar-refractivity contribution >= 4 is 9.84 Å². The predicted octanol–water partition coefficient (Wildman–Crippen LogP) is 0.638. The van der Waals surface area contributed by atoms with E-state index in [1.807, 2.05) is 0 Å². The molecule has 0 spiro atoms. The Bertz CT molecular complexity index is 347. The van der Waals surface area contributed by atoms with Gasteiger partial charge in [0.05, 0.1) is 11.5 Å². The third-order valence-corrected chi connectivity index (χ3v) is 6.22. The second-order valence-corrected chi connectivity index (χ2v) is 8.08. The molecule has 0 aromatic rings. The SMILES string of the molecule is CN(C)C1(CNC2CCS(=O)(=O)CC2)CCC1. The van der Waals surface area contributed by atoms with Crippen molar-refractivity contribution in [1.82, 2.24) is 10.2 Å². The number of likely N-dealkylation sites (N-methyl/N-ethyl adjacent to an activating group) is 1. The molecule has 2 aliphatic rings. The van der Waals surface area contributed by atoms with E-state index in [0.29, 0.717) is 23.1 Å². The number of rotatable bonds is 4. The first-order valence-corrected chi connectivity index (χ1v) is 8.37. The lowest BCUT2D eigenvalue weighted by Crippen LogP contribution is -2.58. The van der Waals surface area contributed by atoms with Crippen molar-refractivity contribution < 1.29 is 8.42 Å². The van der Waals surface area contributed by atoms with Gasteiger partial charge in [0.25, 0.3) is 0 Å². The van der Waals surface area contributed by atoms with Crippen molar-refractivity contribution in [1.29, 1.82) is 0 Å². The van der Waals surface area contributed by atoms with Crippen molar-refractivity contribution in [3.8, 4) is 0 Å². The molecule has 0 radical (unpaired) electrons. The molecule has 0 unspecified atom stereocenters. The fraction of sp³-hybridized carbons (Fsp3) is 1.00. The van der Waals surface area contributed by atoms with E-state index in [0.717, 1.165) is 19.4 Å². The van der Waals surface area contributed by atoms with Crippen molar-refractivity contribution in [3.05, 3.63) is 0 Å². The van der Waals surface area contributed by atoms with Gasteiger partial charge in [0.2, 0.25) is 0 Å². The van der Waals surface area contributed by atoms with Crippen LogP contribution in [0.1, 0.15) is 32.1 Å². The van der Waals surface area contributed by atoms with Crippen molar-refractivity contribution in [2.24, 2.45) is 0 Å². The Morgan fingerprint density at radius 1 is 1.24 bits per heavy atom. The van der Waals surface area contributed by atoms with Gasteiger partial charge in [-0.1, -0.05) is 0 Å². The van der Waals surface area contributed by atoms with E-state index < -0.39 is 9.84 Å². The summed E-state index contributed by atoms with van der Waals surface area (Å²) in [6.45, 7) is 1.00. The van der Waals surface area contributed by atoms with Crippen molar-refractivity contribution in [3.63, 3.8) is 0 Å². The largest absolute Gasteiger partial charge is 0.312 e. The standard InChI is InChI=1S/C12H24N2O2S/c1-14(2)12(6-3-7-12)10-13-11-4-8-17(15,16)9-5-11/h11,13H,3-10H2,1-2H3. The minimum absolute atomic E-state index is 0.330. The summed E-state index contributed by atoms with van der Waals surface area (Å²) < 4.78 is 22.7. The van der Waals surface area contributed by atoms with Crippen LogP contribution in [-0.2, 0) is 9.84 Å². The Morgan fingerprint density at radius 3 is 2.24 bits per heavy atom. The van der Waals surface area contributed by atoms with E-state index in [1.165, 1.54) is 19.3 Å². The summed E-state index contributed by atoms with van der Waals surface area (Å²) in [6, 6.07) is 0.399. The molecule has 17 heavy (non-hydrogen) atoms. The summed E-state index contributed by atoms with van der Waals surface area (Å²) in [5, 5.41) is 3.58. The number of hydrogen-bond acceptors (Lipinski definition) is 4. The van der Waals surface area contributed by atoms with E-state index in [4.69, 9.17) is 0 Å². The Kier molecular flexibility index (Phi) is 3.80. The summed E-state index contributed by atoms with van der Waals surface area (Å²) in [6.07, 6.45) is 5.41. The molecule has 1 aliphatic heterocycles. The Morgan fingerprint density at radius 2 is 1.82 bits per heavy atom. The maximum Gasteiger partial charge on any atom is 0.150 e. The zero-order chi connectivity index (χ0) is 12.5. The average Bonchev–Trinajstić information content (AvgIpc) is 2.18. The zero-order valence-electron chi connectivity index (χ0n) is 10.9. The van der Waals surface area contributed by atoms with Crippen LogP contribution in [0.15, 0.2) is 0 Å². The molecule has 0 bridgehead atoms. The van der Waals surface area contributed by atoms with Crippen LogP contribution in [0.3, 0.4) is 0 Å². The van der Waals surface area contributed by atoms with Crippen LogP contribution in [-0.4, -0.2) is 57.0 Å². The van der Waals surface area contributed by atoms with Crippen LogP contribution in [0, 0.1) is 0 Å². The summed E-state index contributed by atoms with van der Waals surface area (Å²) in [4.78, 5) is 2.32. The van der Waals surface area contributed by atoms with E-state index in [1.54, 1.807) is 0 Å². The molecule has 1 heterocycles. The third kappa shape index (κ3) is 3.01. The molecule has 4 nitrogen and oxygen atoms in total. The molecule has 1 N–H and O–H groups in total. The van der Waals surface area contributed by atoms with Gasteiger partial charge in [0.15, 0.2) is 0 Å². The van der Waals surface area contributed by atoms with Crippen LogP contribution in [0.25, 0.3) is 0 Å². The Hall–Kier alpha value is -0.130. The molecule has 1 aliphatic carbocycles. The molecular formula is C12H24N2O2S. The van der Waals surface area contributed by atoms with Gasteiger partial charge in [-0.3, -0.25) is 0 Å². The minimum atomic E-state index is -2.73. The predicted molar refractivity (Wildman–Crippen MR) is 69.9 cm³/mol. The number of nitrogens with zero attached hydrogens (tertiary/aromatic N) is 1. The van der Waals surface area contributed by atoms with E-state index in [2.05, 4.69) is 24.3 Å². The lowest BCUT2D eigenvalue weighted by molar-refractivity contribution is 0.0567. The van der Waals surface area contributed by atoms with Gasteiger partial charge in [0.1, 0.15) is 9.84 Å². The third-order valence-electron chi connectivity index (χ3n) is 4.51. The molecule has 5 heteroatoms. The molecule has 0 aromatic carbocycles. The van der Waals surface area contributed by atoms with Gasteiger partial charge >= 0.3 is 0 Å². The van der Waals surface area contributed by atoms with E-state index >= 15 is 0 Å². The quantitative estimate of drug-likeness (QED) is 0.806. The summed E-state index contributed by atoms with van der Waals surface area (Å²) >= 11 is 0. The number of nitrogens with one attached hydrogen (secondary N) is 1. The number of hydrogen-bond donors (Lipinski definition) is 1. The smallest absolute Gasteiger partial charge is 0.150 e. The molecular weight excluding hydrogens is 236 g/mol. The fourth-order valence-electron chi connectivity index (χ4n) is 2.80. The second-order valence-electron chi connectivity index (χ2n) is 5.78. The fourth-order valence-corrected chi connectivity index (χ4v) is 4.29. The van der Waals surface area contributed by atoms with Crippen molar-refractivity contribution in [2.75, 3.05) is 32.1 Å². The average molecular weight is 260 g/mol. The van der Waals surface area contributed by atoms with Crippen molar-refractivity contribution in [2.45, 2.75) is 43.7 Å². The molecule has 2 fully saturated rings. The molecule has 0 amide bonds. The van der Waals surface area contributed by atoms with Crippen LogP contribution in [0.4, 0.5) is 0 Å². The summed E-state index contributed by atoms with van der Waals surface area (Å²) in [5.41, 5.74) is 0.330.